The molecule has 1 aliphatic rings. The maximum absolute atomic E-state index is 5.23. The lowest BCUT2D eigenvalue weighted by molar-refractivity contribution is 0.384. The third-order valence-corrected chi connectivity index (χ3v) is 2.25. The fourth-order valence-electron chi connectivity index (χ4n) is 1.39. The summed E-state index contributed by atoms with van der Waals surface area (Å²) in [5.41, 5.74) is 1.22. The molecular formula is C9H12N2O. The Bertz CT molecular complexity index is 271. The van der Waals surface area contributed by atoms with Crippen molar-refractivity contribution < 1.29 is 4.74 Å². The number of methoxy groups -OCH3 is 1. The van der Waals surface area contributed by atoms with Crippen LogP contribution in [0.15, 0.2) is 18.5 Å². The molecule has 1 aromatic heterocycles. The van der Waals surface area contributed by atoms with Gasteiger partial charge in [0.15, 0.2) is 0 Å². The smallest absolute Gasteiger partial charge is 0.125 e. The van der Waals surface area contributed by atoms with Crippen LogP contribution in [0.3, 0.4) is 0 Å². The van der Waals surface area contributed by atoms with E-state index in [-0.39, 0.29) is 0 Å². The Morgan fingerprint density at radius 2 is 2.42 bits per heavy atom. The predicted octanol–water partition coefficient (Wildman–Crippen LogP) is 0.777. The van der Waals surface area contributed by atoms with E-state index in [2.05, 4.69) is 10.3 Å². The average molecular weight is 164 g/mol. The molecule has 1 aromatic rings. The Balaban J connectivity index is 2.27. The number of ether oxygens (including phenoxy) is 1. The second-order valence-corrected chi connectivity index (χ2v) is 2.97. The maximum atomic E-state index is 5.23. The number of pyridine rings is 1. The summed E-state index contributed by atoms with van der Waals surface area (Å²) in [4.78, 5) is 4.09. The summed E-state index contributed by atoms with van der Waals surface area (Å²) < 4.78 is 5.23. The molecule has 2 heterocycles. The third-order valence-electron chi connectivity index (χ3n) is 2.25. The summed E-state index contributed by atoms with van der Waals surface area (Å²) in [7, 11) is 1.70. The van der Waals surface area contributed by atoms with Crippen LogP contribution in [-0.4, -0.2) is 25.2 Å². The Morgan fingerprint density at radius 3 is 3.00 bits per heavy atom. The van der Waals surface area contributed by atoms with Crippen molar-refractivity contribution in [1.29, 1.82) is 0 Å². The van der Waals surface area contributed by atoms with E-state index in [9.17, 15) is 0 Å². The lowest BCUT2D eigenvalue weighted by Gasteiger charge is -2.28. The number of hydrogen-bond donors (Lipinski definition) is 1. The highest BCUT2D eigenvalue weighted by molar-refractivity contribution is 5.35. The van der Waals surface area contributed by atoms with Crippen molar-refractivity contribution in [3.63, 3.8) is 0 Å². The monoisotopic (exact) mass is 164 g/mol. The summed E-state index contributed by atoms with van der Waals surface area (Å²) >= 11 is 0. The molecule has 0 atom stereocenters. The van der Waals surface area contributed by atoms with E-state index in [1.54, 1.807) is 13.3 Å². The SMILES string of the molecule is COc1ccncc1C1CNC1. The molecule has 3 heteroatoms. The van der Waals surface area contributed by atoms with Crippen LogP contribution in [0.1, 0.15) is 11.5 Å². The van der Waals surface area contributed by atoms with Gasteiger partial charge in [0.1, 0.15) is 5.75 Å². The molecule has 0 aromatic carbocycles. The van der Waals surface area contributed by atoms with Gasteiger partial charge in [-0.3, -0.25) is 4.98 Å². The molecule has 0 radical (unpaired) electrons. The molecular weight excluding hydrogens is 152 g/mol. The molecule has 0 spiro atoms. The highest BCUT2D eigenvalue weighted by Gasteiger charge is 2.21. The molecule has 0 bridgehead atoms. The van der Waals surface area contributed by atoms with E-state index in [1.807, 2.05) is 12.3 Å². The van der Waals surface area contributed by atoms with Crippen molar-refractivity contribution in [3.05, 3.63) is 24.0 Å². The summed E-state index contributed by atoms with van der Waals surface area (Å²) in [6.45, 7) is 2.09. The molecule has 1 N–H and O–H groups in total. The molecule has 0 saturated carbocycles. The summed E-state index contributed by atoms with van der Waals surface area (Å²) in [5.74, 6) is 1.55. The van der Waals surface area contributed by atoms with Crippen LogP contribution in [0.4, 0.5) is 0 Å². The molecule has 0 amide bonds. The Labute approximate surface area is 71.8 Å². The number of rotatable bonds is 2. The van der Waals surface area contributed by atoms with Crippen LogP contribution in [0.2, 0.25) is 0 Å². The molecule has 3 nitrogen and oxygen atoms in total. The van der Waals surface area contributed by atoms with Gasteiger partial charge in [-0.1, -0.05) is 0 Å². The van der Waals surface area contributed by atoms with Crippen LogP contribution < -0.4 is 10.1 Å². The standard InChI is InChI=1S/C9H12N2O/c1-12-9-2-3-10-6-8(9)7-4-11-5-7/h2-3,6-7,11H,4-5H2,1H3. The minimum atomic E-state index is 0.591. The van der Waals surface area contributed by atoms with Crippen molar-refractivity contribution in [3.8, 4) is 5.75 Å². The average Bonchev–Trinajstić information content (AvgIpc) is 2.02. The summed E-state index contributed by atoms with van der Waals surface area (Å²) in [6.07, 6.45) is 3.65. The quantitative estimate of drug-likeness (QED) is 0.701. The molecule has 1 aliphatic heterocycles. The van der Waals surface area contributed by atoms with E-state index in [1.165, 1.54) is 5.56 Å². The largest absolute Gasteiger partial charge is 0.496 e. The molecule has 0 unspecified atom stereocenters. The minimum absolute atomic E-state index is 0.591. The van der Waals surface area contributed by atoms with Crippen LogP contribution >= 0.6 is 0 Å². The Kier molecular flexibility index (Phi) is 1.96. The van der Waals surface area contributed by atoms with Gasteiger partial charge in [-0.25, -0.2) is 0 Å². The zero-order valence-electron chi connectivity index (χ0n) is 7.08. The molecule has 0 aliphatic carbocycles. The second-order valence-electron chi connectivity index (χ2n) is 2.97. The zero-order chi connectivity index (χ0) is 8.39. The van der Waals surface area contributed by atoms with Crippen LogP contribution in [0.25, 0.3) is 0 Å². The number of nitrogens with one attached hydrogen (secondary N) is 1. The van der Waals surface area contributed by atoms with Gasteiger partial charge < -0.3 is 10.1 Å². The normalized spacial score (nSPS) is 17.1. The van der Waals surface area contributed by atoms with Gasteiger partial charge in [0, 0.05) is 37.0 Å². The van der Waals surface area contributed by atoms with Crippen molar-refractivity contribution >= 4 is 0 Å². The molecule has 1 saturated heterocycles. The first-order valence-electron chi connectivity index (χ1n) is 4.10. The van der Waals surface area contributed by atoms with Gasteiger partial charge in [-0.2, -0.15) is 0 Å². The lowest BCUT2D eigenvalue weighted by Crippen LogP contribution is -2.40. The Morgan fingerprint density at radius 1 is 1.58 bits per heavy atom. The first-order valence-corrected chi connectivity index (χ1v) is 4.10. The molecule has 12 heavy (non-hydrogen) atoms. The van der Waals surface area contributed by atoms with Gasteiger partial charge in [0.05, 0.1) is 7.11 Å². The number of aromatic nitrogens is 1. The van der Waals surface area contributed by atoms with Crippen molar-refractivity contribution in [2.45, 2.75) is 5.92 Å². The lowest BCUT2D eigenvalue weighted by atomic mass is 9.94. The number of hydrogen-bond acceptors (Lipinski definition) is 3. The highest BCUT2D eigenvalue weighted by atomic mass is 16.5. The molecule has 64 valence electrons. The van der Waals surface area contributed by atoms with E-state index in [4.69, 9.17) is 4.74 Å². The highest BCUT2D eigenvalue weighted by Crippen LogP contribution is 2.27. The fraction of sp³-hybridized carbons (Fsp3) is 0.444. The van der Waals surface area contributed by atoms with Gasteiger partial charge in [-0.05, 0) is 6.07 Å². The first kappa shape index (κ1) is 7.55. The van der Waals surface area contributed by atoms with Crippen LogP contribution in [0.5, 0.6) is 5.75 Å². The van der Waals surface area contributed by atoms with E-state index < -0.39 is 0 Å². The Hall–Kier alpha value is -1.09. The fourth-order valence-corrected chi connectivity index (χ4v) is 1.39. The summed E-state index contributed by atoms with van der Waals surface area (Å²) in [6, 6.07) is 1.91. The van der Waals surface area contributed by atoms with E-state index in [0.29, 0.717) is 5.92 Å². The second kappa shape index (κ2) is 3.11. The van der Waals surface area contributed by atoms with E-state index in [0.717, 1.165) is 18.8 Å². The van der Waals surface area contributed by atoms with Gasteiger partial charge in [-0.15, -0.1) is 0 Å². The zero-order valence-corrected chi connectivity index (χ0v) is 7.08. The van der Waals surface area contributed by atoms with Crippen molar-refractivity contribution in [2.75, 3.05) is 20.2 Å². The predicted molar refractivity (Wildman–Crippen MR) is 46.4 cm³/mol. The van der Waals surface area contributed by atoms with Crippen LogP contribution in [0, 0.1) is 0 Å². The third kappa shape index (κ3) is 1.16. The molecule has 1 fully saturated rings. The molecule has 2 rings (SSSR count). The van der Waals surface area contributed by atoms with Crippen molar-refractivity contribution in [1.82, 2.24) is 10.3 Å². The van der Waals surface area contributed by atoms with Crippen LogP contribution in [-0.2, 0) is 0 Å². The van der Waals surface area contributed by atoms with Gasteiger partial charge in [0.2, 0.25) is 0 Å². The van der Waals surface area contributed by atoms with E-state index >= 15 is 0 Å². The van der Waals surface area contributed by atoms with Gasteiger partial charge in [0.25, 0.3) is 0 Å². The first-order chi connectivity index (χ1) is 5.92. The number of nitrogens with zero attached hydrogens (tertiary/aromatic N) is 1. The topological polar surface area (TPSA) is 34.1 Å². The summed E-state index contributed by atoms with van der Waals surface area (Å²) in [5, 5.41) is 3.23. The van der Waals surface area contributed by atoms with Gasteiger partial charge >= 0.3 is 0 Å². The minimum Gasteiger partial charge on any atom is -0.496 e. The maximum Gasteiger partial charge on any atom is 0.125 e. The van der Waals surface area contributed by atoms with Crippen molar-refractivity contribution in [2.24, 2.45) is 0 Å².